The normalized spacial score (nSPS) is 10.8. The Balaban J connectivity index is 3.12. The second-order valence-corrected chi connectivity index (χ2v) is 3.51. The Bertz CT molecular complexity index is 351. The summed E-state index contributed by atoms with van der Waals surface area (Å²) in [7, 11) is 0. The second kappa shape index (κ2) is 5.58. The number of aliphatic hydroxyl groups is 2. The fourth-order valence-corrected chi connectivity index (χ4v) is 1.52. The van der Waals surface area contributed by atoms with Crippen LogP contribution in [0.15, 0.2) is 12.1 Å². The maximum Gasteiger partial charge on any atom is 0.142 e. The van der Waals surface area contributed by atoms with Crippen LogP contribution in [0.4, 0.5) is 11.4 Å². The van der Waals surface area contributed by atoms with Gasteiger partial charge < -0.3 is 26.4 Å². The molecule has 1 rings (SSSR count). The van der Waals surface area contributed by atoms with Crippen molar-refractivity contribution >= 4 is 11.4 Å². The van der Waals surface area contributed by atoms with Crippen molar-refractivity contribution in [2.24, 2.45) is 0 Å². The van der Waals surface area contributed by atoms with E-state index in [1.807, 2.05) is 6.92 Å². The highest BCUT2D eigenvalue weighted by atomic mass is 16.5. The van der Waals surface area contributed by atoms with Crippen molar-refractivity contribution in [3.8, 4) is 5.75 Å². The van der Waals surface area contributed by atoms with Crippen molar-refractivity contribution in [1.82, 2.24) is 0 Å². The first-order valence-corrected chi connectivity index (χ1v) is 5.17. The van der Waals surface area contributed by atoms with Crippen LogP contribution in [0.25, 0.3) is 0 Å². The molecular weight excluding hydrogens is 208 g/mol. The van der Waals surface area contributed by atoms with Gasteiger partial charge in [-0.3, -0.25) is 0 Å². The highest BCUT2D eigenvalue weighted by Gasteiger charge is 2.15. The third-order valence-corrected chi connectivity index (χ3v) is 2.40. The van der Waals surface area contributed by atoms with Crippen molar-refractivity contribution in [2.45, 2.75) is 12.8 Å². The van der Waals surface area contributed by atoms with Crippen molar-refractivity contribution in [1.29, 1.82) is 0 Å². The van der Waals surface area contributed by atoms with E-state index in [9.17, 15) is 0 Å². The van der Waals surface area contributed by atoms with E-state index in [0.717, 1.165) is 0 Å². The zero-order chi connectivity index (χ0) is 12.1. The van der Waals surface area contributed by atoms with Gasteiger partial charge in [0.2, 0.25) is 0 Å². The minimum Gasteiger partial charge on any atom is -0.492 e. The van der Waals surface area contributed by atoms with Crippen LogP contribution in [-0.2, 0) is 0 Å². The topological polar surface area (TPSA) is 102 Å². The van der Waals surface area contributed by atoms with E-state index in [0.29, 0.717) is 29.3 Å². The largest absolute Gasteiger partial charge is 0.492 e. The highest BCUT2D eigenvalue weighted by molar-refractivity contribution is 5.65. The first-order valence-electron chi connectivity index (χ1n) is 5.17. The molecule has 0 radical (unpaired) electrons. The summed E-state index contributed by atoms with van der Waals surface area (Å²) < 4.78 is 5.33. The standard InChI is InChI=1S/C11H18N2O3/c1-2-16-11-3-8(7(5-14)6-15)9(12)4-10(11)13/h3-4,7,14-15H,2,5-6,12-13H2,1H3. The average molecular weight is 226 g/mol. The molecule has 0 aromatic heterocycles. The minimum atomic E-state index is -0.403. The number of hydrogen-bond acceptors (Lipinski definition) is 5. The average Bonchev–Trinajstić information content (AvgIpc) is 2.26. The predicted molar refractivity (Wildman–Crippen MR) is 63.3 cm³/mol. The lowest BCUT2D eigenvalue weighted by Crippen LogP contribution is -2.12. The molecule has 5 heteroatoms. The van der Waals surface area contributed by atoms with Crippen LogP contribution >= 0.6 is 0 Å². The molecule has 0 aliphatic carbocycles. The number of benzene rings is 1. The van der Waals surface area contributed by atoms with Crippen molar-refractivity contribution in [3.05, 3.63) is 17.7 Å². The van der Waals surface area contributed by atoms with Crippen molar-refractivity contribution in [2.75, 3.05) is 31.3 Å². The van der Waals surface area contributed by atoms with E-state index in [4.69, 9.17) is 26.4 Å². The van der Waals surface area contributed by atoms with Gasteiger partial charge in [-0.15, -0.1) is 0 Å². The lowest BCUT2D eigenvalue weighted by Gasteiger charge is -2.17. The maximum atomic E-state index is 9.11. The number of nitrogens with two attached hydrogens (primary N) is 2. The Labute approximate surface area is 94.6 Å². The fourth-order valence-electron chi connectivity index (χ4n) is 1.52. The monoisotopic (exact) mass is 226 g/mol. The van der Waals surface area contributed by atoms with Crippen molar-refractivity contribution < 1.29 is 14.9 Å². The van der Waals surface area contributed by atoms with Crippen LogP contribution in [0.1, 0.15) is 18.4 Å². The molecule has 1 aromatic rings. The smallest absolute Gasteiger partial charge is 0.142 e. The molecule has 0 unspecified atom stereocenters. The summed E-state index contributed by atoms with van der Waals surface area (Å²) in [6.45, 7) is 2.01. The molecule has 90 valence electrons. The van der Waals surface area contributed by atoms with Gasteiger partial charge in [-0.25, -0.2) is 0 Å². The molecule has 16 heavy (non-hydrogen) atoms. The Hall–Kier alpha value is -1.46. The number of nitrogen functional groups attached to an aromatic ring is 2. The van der Waals surface area contributed by atoms with Crippen LogP contribution < -0.4 is 16.2 Å². The first-order chi connectivity index (χ1) is 7.63. The molecule has 0 saturated carbocycles. The molecule has 5 nitrogen and oxygen atoms in total. The van der Waals surface area contributed by atoms with Gasteiger partial charge in [-0.2, -0.15) is 0 Å². The summed E-state index contributed by atoms with van der Waals surface area (Å²) in [6, 6.07) is 3.25. The van der Waals surface area contributed by atoms with E-state index >= 15 is 0 Å². The maximum absolute atomic E-state index is 9.11. The zero-order valence-corrected chi connectivity index (χ0v) is 9.31. The quantitative estimate of drug-likeness (QED) is 0.541. The zero-order valence-electron chi connectivity index (χ0n) is 9.31. The molecular formula is C11H18N2O3. The summed E-state index contributed by atoms with van der Waals surface area (Å²) >= 11 is 0. The van der Waals surface area contributed by atoms with E-state index in [1.54, 1.807) is 12.1 Å². The molecule has 0 heterocycles. The van der Waals surface area contributed by atoms with E-state index in [2.05, 4.69) is 0 Å². The third kappa shape index (κ3) is 2.56. The number of ether oxygens (including phenoxy) is 1. The number of aliphatic hydroxyl groups excluding tert-OH is 2. The van der Waals surface area contributed by atoms with Gasteiger partial charge in [-0.05, 0) is 24.6 Å². The Morgan fingerprint density at radius 3 is 2.31 bits per heavy atom. The fraction of sp³-hybridized carbons (Fsp3) is 0.455. The third-order valence-electron chi connectivity index (χ3n) is 2.40. The van der Waals surface area contributed by atoms with Gasteiger partial charge in [-0.1, -0.05) is 0 Å². The molecule has 1 aromatic carbocycles. The second-order valence-electron chi connectivity index (χ2n) is 3.51. The lowest BCUT2D eigenvalue weighted by molar-refractivity contribution is 0.192. The van der Waals surface area contributed by atoms with Gasteiger partial charge in [0.1, 0.15) is 5.75 Å². The molecule has 0 spiro atoms. The van der Waals surface area contributed by atoms with Gasteiger partial charge in [0, 0.05) is 11.6 Å². The summed E-state index contributed by atoms with van der Waals surface area (Å²) in [4.78, 5) is 0. The minimum absolute atomic E-state index is 0.170. The molecule has 0 aliphatic heterocycles. The van der Waals surface area contributed by atoms with Gasteiger partial charge >= 0.3 is 0 Å². The molecule has 0 amide bonds. The van der Waals surface area contributed by atoms with Crippen LogP contribution in [0.2, 0.25) is 0 Å². The van der Waals surface area contributed by atoms with Crippen LogP contribution in [-0.4, -0.2) is 30.0 Å². The van der Waals surface area contributed by atoms with Crippen LogP contribution in [0, 0.1) is 0 Å². The van der Waals surface area contributed by atoms with Gasteiger partial charge in [0.05, 0.1) is 25.5 Å². The Morgan fingerprint density at radius 2 is 1.81 bits per heavy atom. The van der Waals surface area contributed by atoms with E-state index < -0.39 is 5.92 Å². The summed E-state index contributed by atoms with van der Waals surface area (Å²) in [5, 5.41) is 18.2. The molecule has 0 atom stereocenters. The predicted octanol–water partition coefficient (Wildman–Crippen LogP) is 0.318. The first kappa shape index (κ1) is 12.6. The number of anilines is 2. The number of rotatable bonds is 5. The van der Waals surface area contributed by atoms with Crippen molar-refractivity contribution in [3.63, 3.8) is 0 Å². The Kier molecular flexibility index (Phi) is 4.39. The summed E-state index contributed by atoms with van der Waals surface area (Å²) in [6.07, 6.45) is 0. The van der Waals surface area contributed by atoms with Crippen LogP contribution in [0.5, 0.6) is 5.75 Å². The molecule has 6 N–H and O–H groups in total. The van der Waals surface area contributed by atoms with Gasteiger partial charge in [0.15, 0.2) is 0 Å². The summed E-state index contributed by atoms with van der Waals surface area (Å²) in [5.41, 5.74) is 13.1. The summed E-state index contributed by atoms with van der Waals surface area (Å²) in [5.74, 6) is 0.124. The van der Waals surface area contributed by atoms with E-state index in [-0.39, 0.29) is 13.2 Å². The molecule has 0 aliphatic rings. The molecule has 0 fully saturated rings. The Morgan fingerprint density at radius 1 is 1.19 bits per heavy atom. The molecule has 0 bridgehead atoms. The lowest BCUT2D eigenvalue weighted by atomic mass is 9.98. The highest BCUT2D eigenvalue weighted by Crippen LogP contribution is 2.32. The SMILES string of the molecule is CCOc1cc(C(CO)CO)c(N)cc1N. The number of hydrogen-bond donors (Lipinski definition) is 4. The van der Waals surface area contributed by atoms with Gasteiger partial charge in [0.25, 0.3) is 0 Å². The molecule has 0 saturated heterocycles. The van der Waals surface area contributed by atoms with E-state index in [1.165, 1.54) is 0 Å². The van der Waals surface area contributed by atoms with Crippen LogP contribution in [0.3, 0.4) is 0 Å².